The lowest BCUT2D eigenvalue weighted by molar-refractivity contribution is -0.0914. The number of ether oxygens (including phenoxy) is 2. The van der Waals surface area contributed by atoms with Crippen LogP contribution >= 0.6 is 11.3 Å². The highest BCUT2D eigenvalue weighted by Crippen LogP contribution is 2.34. The standard InChI is InChI=1S/C13H14N4O2S/c1-18-9(19-2)6-15-12-11-10(16-7-17-12)8-4-3-5-14-13(8)20-11/h3-5,7,9H,6H2,1-2H3,(H,15,16,17). The van der Waals surface area contributed by atoms with Crippen LogP contribution in [-0.4, -0.2) is 42.0 Å². The van der Waals surface area contributed by atoms with Gasteiger partial charge in [-0.3, -0.25) is 0 Å². The number of aromatic nitrogens is 3. The molecule has 0 amide bonds. The highest BCUT2D eigenvalue weighted by Gasteiger charge is 2.13. The summed E-state index contributed by atoms with van der Waals surface area (Å²) >= 11 is 1.57. The van der Waals surface area contributed by atoms with Crippen molar-refractivity contribution in [1.82, 2.24) is 15.0 Å². The summed E-state index contributed by atoms with van der Waals surface area (Å²) in [5.74, 6) is 0.775. The van der Waals surface area contributed by atoms with Crippen LogP contribution in [0.25, 0.3) is 20.4 Å². The molecule has 0 aliphatic heterocycles. The van der Waals surface area contributed by atoms with Gasteiger partial charge in [0.2, 0.25) is 0 Å². The van der Waals surface area contributed by atoms with E-state index in [-0.39, 0.29) is 6.29 Å². The van der Waals surface area contributed by atoms with E-state index in [1.165, 1.54) is 0 Å². The zero-order chi connectivity index (χ0) is 13.9. The van der Waals surface area contributed by atoms with Gasteiger partial charge in [-0.1, -0.05) is 0 Å². The summed E-state index contributed by atoms with van der Waals surface area (Å²) in [7, 11) is 3.21. The molecule has 3 aromatic rings. The molecule has 3 aromatic heterocycles. The van der Waals surface area contributed by atoms with Crippen molar-refractivity contribution in [2.45, 2.75) is 6.29 Å². The van der Waals surface area contributed by atoms with Crippen molar-refractivity contribution in [2.24, 2.45) is 0 Å². The largest absolute Gasteiger partial charge is 0.364 e. The molecule has 0 aromatic carbocycles. The number of nitrogens with one attached hydrogen (secondary N) is 1. The van der Waals surface area contributed by atoms with Gasteiger partial charge in [0.25, 0.3) is 0 Å². The van der Waals surface area contributed by atoms with Gasteiger partial charge in [0.15, 0.2) is 6.29 Å². The van der Waals surface area contributed by atoms with E-state index < -0.39 is 0 Å². The first-order valence-corrected chi connectivity index (χ1v) is 6.93. The van der Waals surface area contributed by atoms with Gasteiger partial charge in [-0.15, -0.1) is 11.3 Å². The topological polar surface area (TPSA) is 69.2 Å². The normalized spacial score (nSPS) is 11.6. The van der Waals surface area contributed by atoms with Crippen LogP contribution in [0.1, 0.15) is 0 Å². The summed E-state index contributed by atoms with van der Waals surface area (Å²) in [6, 6.07) is 3.93. The maximum atomic E-state index is 5.16. The predicted molar refractivity (Wildman–Crippen MR) is 79.0 cm³/mol. The molecule has 104 valence electrons. The quantitative estimate of drug-likeness (QED) is 0.727. The molecule has 6 nitrogen and oxygen atoms in total. The van der Waals surface area contributed by atoms with E-state index in [0.29, 0.717) is 6.54 Å². The monoisotopic (exact) mass is 290 g/mol. The van der Waals surface area contributed by atoms with Crippen LogP contribution in [-0.2, 0) is 9.47 Å². The maximum absolute atomic E-state index is 5.16. The molecule has 3 rings (SSSR count). The predicted octanol–water partition coefficient (Wildman–Crippen LogP) is 2.27. The van der Waals surface area contributed by atoms with E-state index in [0.717, 1.165) is 26.3 Å². The first-order chi connectivity index (χ1) is 9.83. The summed E-state index contributed by atoms with van der Waals surface area (Å²) in [4.78, 5) is 14.0. The summed E-state index contributed by atoms with van der Waals surface area (Å²) < 4.78 is 11.3. The molecule has 20 heavy (non-hydrogen) atoms. The summed E-state index contributed by atoms with van der Waals surface area (Å²) in [5, 5.41) is 4.28. The van der Waals surface area contributed by atoms with E-state index in [1.807, 2.05) is 12.1 Å². The van der Waals surface area contributed by atoms with Crippen molar-refractivity contribution in [3.05, 3.63) is 24.7 Å². The van der Waals surface area contributed by atoms with Crippen LogP contribution in [0.2, 0.25) is 0 Å². The Bertz CT molecular complexity index is 727. The number of hydrogen-bond acceptors (Lipinski definition) is 7. The third-order valence-corrected chi connectivity index (χ3v) is 4.10. The molecular weight excluding hydrogens is 276 g/mol. The SMILES string of the molecule is COC(CNc1ncnc2c1sc1ncccc12)OC. The molecule has 0 atom stereocenters. The van der Waals surface area contributed by atoms with E-state index in [4.69, 9.17) is 9.47 Å². The van der Waals surface area contributed by atoms with E-state index in [1.54, 1.807) is 38.1 Å². The van der Waals surface area contributed by atoms with E-state index >= 15 is 0 Å². The Morgan fingerprint density at radius 2 is 2.10 bits per heavy atom. The maximum Gasteiger partial charge on any atom is 0.173 e. The first-order valence-electron chi connectivity index (χ1n) is 6.11. The zero-order valence-electron chi connectivity index (χ0n) is 11.2. The van der Waals surface area contributed by atoms with Crippen LogP contribution in [0.15, 0.2) is 24.7 Å². The Morgan fingerprint density at radius 3 is 2.90 bits per heavy atom. The highest BCUT2D eigenvalue weighted by atomic mass is 32.1. The molecule has 0 aliphatic rings. The minimum absolute atomic E-state index is 0.312. The van der Waals surface area contributed by atoms with Crippen LogP contribution in [0.5, 0.6) is 0 Å². The number of thiophene rings is 1. The number of nitrogens with zero attached hydrogens (tertiary/aromatic N) is 3. The molecule has 3 heterocycles. The molecular formula is C13H14N4O2S. The molecule has 0 fully saturated rings. The van der Waals surface area contributed by atoms with Gasteiger partial charge < -0.3 is 14.8 Å². The molecule has 0 saturated heterocycles. The first kappa shape index (κ1) is 13.2. The number of hydrogen-bond donors (Lipinski definition) is 1. The van der Waals surface area contributed by atoms with Crippen molar-refractivity contribution in [3.63, 3.8) is 0 Å². The molecule has 0 bridgehead atoms. The average Bonchev–Trinajstić information content (AvgIpc) is 2.88. The second-order valence-electron chi connectivity index (χ2n) is 4.14. The average molecular weight is 290 g/mol. The number of pyridine rings is 1. The molecule has 0 saturated carbocycles. The Morgan fingerprint density at radius 1 is 1.25 bits per heavy atom. The lowest BCUT2D eigenvalue weighted by Gasteiger charge is -2.14. The number of anilines is 1. The minimum Gasteiger partial charge on any atom is -0.364 e. The van der Waals surface area contributed by atoms with Gasteiger partial charge in [0.1, 0.15) is 17.0 Å². The van der Waals surface area contributed by atoms with Crippen LogP contribution < -0.4 is 5.32 Å². The Hall–Kier alpha value is -1.83. The Balaban J connectivity index is 1.99. The zero-order valence-corrected chi connectivity index (χ0v) is 12.0. The Kier molecular flexibility index (Phi) is 3.72. The fraction of sp³-hybridized carbons (Fsp3) is 0.308. The van der Waals surface area contributed by atoms with Gasteiger partial charge in [-0.05, 0) is 12.1 Å². The van der Waals surface area contributed by atoms with Crippen molar-refractivity contribution in [3.8, 4) is 0 Å². The summed E-state index contributed by atoms with van der Waals surface area (Å²) in [5.41, 5.74) is 0.919. The summed E-state index contributed by atoms with van der Waals surface area (Å²) in [6.45, 7) is 0.515. The molecule has 0 aliphatic carbocycles. The number of fused-ring (bicyclic) bond motifs is 3. The van der Waals surface area contributed by atoms with Gasteiger partial charge >= 0.3 is 0 Å². The molecule has 7 heteroatoms. The van der Waals surface area contributed by atoms with Crippen LogP contribution in [0.4, 0.5) is 5.82 Å². The highest BCUT2D eigenvalue weighted by molar-refractivity contribution is 7.25. The van der Waals surface area contributed by atoms with E-state index in [9.17, 15) is 0 Å². The van der Waals surface area contributed by atoms with E-state index in [2.05, 4.69) is 20.3 Å². The minimum atomic E-state index is -0.312. The third kappa shape index (κ3) is 2.31. The Labute approximate surface area is 119 Å². The lowest BCUT2D eigenvalue weighted by atomic mass is 10.3. The van der Waals surface area contributed by atoms with Crippen molar-refractivity contribution in [1.29, 1.82) is 0 Å². The molecule has 1 N–H and O–H groups in total. The second kappa shape index (κ2) is 5.66. The van der Waals surface area contributed by atoms with Gasteiger partial charge in [-0.25, -0.2) is 15.0 Å². The third-order valence-electron chi connectivity index (χ3n) is 2.99. The second-order valence-corrected chi connectivity index (χ2v) is 5.14. The lowest BCUT2D eigenvalue weighted by Crippen LogP contribution is -2.24. The molecule has 0 radical (unpaired) electrons. The fourth-order valence-electron chi connectivity index (χ4n) is 1.98. The smallest absolute Gasteiger partial charge is 0.173 e. The van der Waals surface area contributed by atoms with Gasteiger partial charge in [0.05, 0.1) is 16.8 Å². The van der Waals surface area contributed by atoms with Crippen LogP contribution in [0.3, 0.4) is 0 Å². The number of rotatable bonds is 5. The molecule has 0 unspecified atom stereocenters. The van der Waals surface area contributed by atoms with Crippen molar-refractivity contribution in [2.75, 3.05) is 26.1 Å². The number of methoxy groups -OCH3 is 2. The van der Waals surface area contributed by atoms with Gasteiger partial charge in [0, 0.05) is 25.8 Å². The fourth-order valence-corrected chi connectivity index (χ4v) is 3.04. The molecule has 0 spiro atoms. The van der Waals surface area contributed by atoms with Crippen LogP contribution in [0, 0.1) is 0 Å². The summed E-state index contributed by atoms with van der Waals surface area (Å²) in [6.07, 6.45) is 3.02. The van der Waals surface area contributed by atoms with Gasteiger partial charge in [-0.2, -0.15) is 0 Å². The van der Waals surface area contributed by atoms with Crippen molar-refractivity contribution < 1.29 is 9.47 Å². The van der Waals surface area contributed by atoms with Crippen molar-refractivity contribution >= 4 is 37.6 Å².